The van der Waals surface area contributed by atoms with Crippen molar-refractivity contribution < 1.29 is 4.79 Å². The van der Waals surface area contributed by atoms with Gasteiger partial charge in [0.1, 0.15) is 11.6 Å². The van der Waals surface area contributed by atoms with E-state index in [-0.39, 0.29) is 11.5 Å². The molecule has 94 valence electrons. The molecule has 1 aliphatic rings. The Morgan fingerprint density at radius 3 is 3.11 bits per heavy atom. The van der Waals surface area contributed by atoms with Crippen molar-refractivity contribution in [2.75, 3.05) is 6.54 Å². The Morgan fingerprint density at radius 2 is 2.50 bits per heavy atom. The van der Waals surface area contributed by atoms with Gasteiger partial charge in [-0.15, -0.1) is 5.10 Å². The van der Waals surface area contributed by atoms with Crippen molar-refractivity contribution in [2.45, 2.75) is 32.2 Å². The summed E-state index contributed by atoms with van der Waals surface area (Å²) >= 11 is 0. The summed E-state index contributed by atoms with van der Waals surface area (Å²) in [7, 11) is 0. The average Bonchev–Trinajstić information content (AvgIpc) is 3.13. The molecule has 0 spiro atoms. The van der Waals surface area contributed by atoms with Gasteiger partial charge < -0.3 is 5.32 Å². The Hall–Kier alpha value is -2.16. The quantitative estimate of drug-likeness (QED) is 0.620. The number of nitriles is 1. The summed E-state index contributed by atoms with van der Waals surface area (Å²) in [4.78, 5) is 11.7. The van der Waals surface area contributed by atoms with E-state index < -0.39 is 0 Å². The Labute approximate surface area is 105 Å². The van der Waals surface area contributed by atoms with E-state index in [1.807, 2.05) is 13.0 Å². The second-order valence-electron chi connectivity index (χ2n) is 4.26. The zero-order valence-electron chi connectivity index (χ0n) is 10.3. The van der Waals surface area contributed by atoms with Crippen LogP contribution in [0.5, 0.6) is 0 Å². The van der Waals surface area contributed by atoms with Crippen LogP contribution >= 0.6 is 0 Å². The molecule has 1 fully saturated rings. The minimum Gasteiger partial charge on any atom is -0.351 e. The first-order valence-corrected chi connectivity index (χ1v) is 6.06. The number of amides is 1. The summed E-state index contributed by atoms with van der Waals surface area (Å²) in [5, 5.41) is 19.5. The van der Waals surface area contributed by atoms with Crippen LogP contribution in [-0.2, 0) is 4.79 Å². The second kappa shape index (κ2) is 5.45. The van der Waals surface area contributed by atoms with Gasteiger partial charge in [-0.2, -0.15) is 5.26 Å². The van der Waals surface area contributed by atoms with Gasteiger partial charge in [-0.1, -0.05) is 12.1 Å². The molecule has 6 heteroatoms. The molecule has 1 heterocycles. The van der Waals surface area contributed by atoms with Crippen LogP contribution in [-0.4, -0.2) is 27.4 Å². The van der Waals surface area contributed by atoms with Crippen LogP contribution in [0.4, 0.5) is 0 Å². The lowest BCUT2D eigenvalue weighted by molar-refractivity contribution is -0.117. The predicted molar refractivity (Wildman–Crippen MR) is 65.2 cm³/mol. The third-order valence-electron chi connectivity index (χ3n) is 2.69. The van der Waals surface area contributed by atoms with E-state index in [2.05, 4.69) is 15.6 Å². The lowest BCUT2D eigenvalue weighted by atomic mass is 10.2. The van der Waals surface area contributed by atoms with E-state index in [1.165, 1.54) is 0 Å². The molecule has 0 radical (unpaired) electrons. The fourth-order valence-electron chi connectivity index (χ4n) is 1.59. The van der Waals surface area contributed by atoms with Crippen LogP contribution in [0.3, 0.4) is 0 Å². The Balaban J connectivity index is 2.16. The molecule has 1 amide bonds. The third kappa shape index (κ3) is 2.74. The molecule has 2 rings (SSSR count). The number of rotatable bonds is 5. The maximum Gasteiger partial charge on any atom is 0.262 e. The Morgan fingerprint density at radius 1 is 1.72 bits per heavy atom. The van der Waals surface area contributed by atoms with Crippen molar-refractivity contribution in [1.82, 2.24) is 20.3 Å². The lowest BCUT2D eigenvalue weighted by Gasteiger charge is -2.02. The summed E-state index contributed by atoms with van der Waals surface area (Å²) in [5.74, 6) is -0.345. The standard InChI is InChI=1S/C12H15N5O/c1-2-5-14-12(18)9(7-13)6-11-8-15-16-17(11)10-3-4-10/h6,8,10H,2-5H2,1H3,(H,14,18)/b9-6+. The van der Waals surface area contributed by atoms with Crippen molar-refractivity contribution in [3.05, 3.63) is 17.5 Å². The molecule has 0 aromatic carbocycles. The molecule has 6 nitrogen and oxygen atoms in total. The van der Waals surface area contributed by atoms with E-state index in [1.54, 1.807) is 17.0 Å². The summed E-state index contributed by atoms with van der Waals surface area (Å²) in [6, 6.07) is 2.29. The van der Waals surface area contributed by atoms with Crippen LogP contribution in [0.2, 0.25) is 0 Å². The SMILES string of the molecule is CCCNC(=O)/C(C#N)=C/c1cnnn1C1CC1. The first-order valence-electron chi connectivity index (χ1n) is 6.06. The fraction of sp³-hybridized carbons (Fsp3) is 0.500. The van der Waals surface area contributed by atoms with E-state index >= 15 is 0 Å². The molecular formula is C12H15N5O. The van der Waals surface area contributed by atoms with Crippen LogP contribution in [0, 0.1) is 11.3 Å². The van der Waals surface area contributed by atoms with Crippen molar-refractivity contribution in [1.29, 1.82) is 5.26 Å². The molecule has 0 bridgehead atoms. The smallest absolute Gasteiger partial charge is 0.262 e. The molecule has 1 N–H and O–H groups in total. The molecule has 1 saturated carbocycles. The van der Waals surface area contributed by atoms with Crippen molar-refractivity contribution in [3.8, 4) is 6.07 Å². The van der Waals surface area contributed by atoms with Gasteiger partial charge >= 0.3 is 0 Å². The third-order valence-corrected chi connectivity index (χ3v) is 2.69. The van der Waals surface area contributed by atoms with E-state index in [0.717, 1.165) is 19.3 Å². The first-order chi connectivity index (χ1) is 8.76. The van der Waals surface area contributed by atoms with Crippen molar-refractivity contribution in [3.63, 3.8) is 0 Å². The van der Waals surface area contributed by atoms with Gasteiger partial charge in [0.2, 0.25) is 0 Å². The normalized spacial score (nSPS) is 15.2. The number of carbonyl (C=O) groups is 1. The zero-order chi connectivity index (χ0) is 13.0. The van der Waals surface area contributed by atoms with E-state index in [0.29, 0.717) is 18.3 Å². The molecule has 1 aromatic heterocycles. The summed E-state index contributed by atoms with van der Waals surface area (Å²) in [6.45, 7) is 2.53. The molecule has 1 aliphatic carbocycles. The monoisotopic (exact) mass is 245 g/mol. The molecule has 0 saturated heterocycles. The highest BCUT2D eigenvalue weighted by molar-refractivity contribution is 6.01. The zero-order valence-corrected chi connectivity index (χ0v) is 10.3. The van der Waals surface area contributed by atoms with Gasteiger partial charge in [0.05, 0.1) is 17.9 Å². The maximum atomic E-state index is 11.7. The van der Waals surface area contributed by atoms with Gasteiger partial charge in [0.25, 0.3) is 5.91 Å². The average molecular weight is 245 g/mol. The van der Waals surface area contributed by atoms with Crippen molar-refractivity contribution in [2.24, 2.45) is 0 Å². The number of hydrogen-bond acceptors (Lipinski definition) is 4. The largest absolute Gasteiger partial charge is 0.351 e. The fourth-order valence-corrected chi connectivity index (χ4v) is 1.59. The minimum atomic E-state index is -0.345. The molecule has 18 heavy (non-hydrogen) atoms. The second-order valence-corrected chi connectivity index (χ2v) is 4.26. The summed E-state index contributed by atoms with van der Waals surface area (Å²) < 4.78 is 1.77. The number of aromatic nitrogens is 3. The van der Waals surface area contributed by atoms with Gasteiger partial charge in [-0.3, -0.25) is 4.79 Å². The van der Waals surface area contributed by atoms with E-state index in [9.17, 15) is 4.79 Å². The summed E-state index contributed by atoms with van der Waals surface area (Å²) in [5.41, 5.74) is 0.799. The van der Waals surface area contributed by atoms with Crippen LogP contribution < -0.4 is 5.32 Å². The highest BCUT2D eigenvalue weighted by Crippen LogP contribution is 2.35. The van der Waals surface area contributed by atoms with E-state index in [4.69, 9.17) is 5.26 Å². The van der Waals surface area contributed by atoms with Crippen LogP contribution in [0.1, 0.15) is 37.9 Å². The Bertz CT molecular complexity index is 507. The molecule has 0 aliphatic heterocycles. The molecular weight excluding hydrogens is 230 g/mol. The van der Waals surface area contributed by atoms with Crippen LogP contribution in [0.25, 0.3) is 6.08 Å². The van der Waals surface area contributed by atoms with Gasteiger partial charge in [-0.05, 0) is 25.3 Å². The van der Waals surface area contributed by atoms with Gasteiger partial charge in [0, 0.05) is 6.54 Å². The number of nitrogens with zero attached hydrogens (tertiary/aromatic N) is 4. The highest BCUT2D eigenvalue weighted by atomic mass is 16.1. The number of carbonyl (C=O) groups excluding carboxylic acids is 1. The highest BCUT2D eigenvalue weighted by Gasteiger charge is 2.26. The first kappa shape index (κ1) is 12.3. The maximum absolute atomic E-state index is 11.7. The minimum absolute atomic E-state index is 0.0904. The Kier molecular flexibility index (Phi) is 3.72. The predicted octanol–water partition coefficient (Wildman–Crippen LogP) is 1.05. The molecule has 1 aromatic rings. The summed E-state index contributed by atoms with van der Waals surface area (Å²) in [6.07, 6.45) is 6.11. The molecule has 0 atom stereocenters. The van der Waals surface area contributed by atoms with Gasteiger partial charge in [-0.25, -0.2) is 4.68 Å². The topological polar surface area (TPSA) is 83.6 Å². The number of hydrogen-bond donors (Lipinski definition) is 1. The van der Waals surface area contributed by atoms with Gasteiger partial charge in [0.15, 0.2) is 0 Å². The van der Waals surface area contributed by atoms with Crippen LogP contribution in [0.15, 0.2) is 11.8 Å². The lowest BCUT2D eigenvalue weighted by Crippen LogP contribution is -2.25. The van der Waals surface area contributed by atoms with Crippen molar-refractivity contribution >= 4 is 12.0 Å². The number of nitrogens with one attached hydrogen (secondary N) is 1. The molecule has 0 unspecified atom stereocenters.